The van der Waals surface area contributed by atoms with Crippen molar-refractivity contribution in [2.45, 2.75) is 38.6 Å². The van der Waals surface area contributed by atoms with Gasteiger partial charge in [-0.3, -0.25) is 0 Å². The van der Waals surface area contributed by atoms with Crippen molar-refractivity contribution in [2.75, 3.05) is 25.0 Å². The van der Waals surface area contributed by atoms with Crippen LogP contribution in [0.3, 0.4) is 0 Å². The zero-order valence-corrected chi connectivity index (χ0v) is 15.0. The highest BCUT2D eigenvalue weighted by Gasteiger charge is 2.20. The van der Waals surface area contributed by atoms with Gasteiger partial charge in [0.15, 0.2) is 5.11 Å². The maximum atomic E-state index is 5.33. The van der Waals surface area contributed by atoms with Crippen molar-refractivity contribution >= 4 is 38.9 Å². The van der Waals surface area contributed by atoms with Crippen molar-refractivity contribution in [2.24, 2.45) is 0 Å². The Balaban J connectivity index is 1.63. The van der Waals surface area contributed by atoms with E-state index in [1.165, 1.54) is 38.8 Å². The zero-order valence-electron chi connectivity index (χ0n) is 12.6. The van der Waals surface area contributed by atoms with Gasteiger partial charge in [0.05, 0.1) is 19.1 Å². The van der Waals surface area contributed by atoms with E-state index in [1.54, 1.807) is 4.90 Å². The lowest BCUT2D eigenvalue weighted by Crippen LogP contribution is -3.16. The number of anilines is 1. The van der Waals surface area contributed by atoms with Crippen LogP contribution in [0.5, 0.6) is 0 Å². The molecule has 2 rings (SSSR count). The molecule has 1 aliphatic rings. The molecule has 0 saturated carbocycles. The molecule has 1 unspecified atom stereocenters. The Kier molecular flexibility index (Phi) is 6.93. The normalized spacial score (nSPS) is 21.8. The molecule has 116 valence electrons. The Morgan fingerprint density at radius 3 is 3.05 bits per heavy atom. The van der Waals surface area contributed by atoms with E-state index < -0.39 is 0 Å². The molecule has 5 heteroatoms. The fourth-order valence-corrected chi connectivity index (χ4v) is 3.50. The smallest absolute Gasteiger partial charge is 0.170 e. The number of piperidine rings is 1. The first kappa shape index (κ1) is 16.7. The van der Waals surface area contributed by atoms with Crippen LogP contribution in [0.2, 0.25) is 0 Å². The summed E-state index contributed by atoms with van der Waals surface area (Å²) in [6.07, 6.45) is 5.34. The molecule has 0 aliphatic carbocycles. The van der Waals surface area contributed by atoms with Crippen LogP contribution in [0.15, 0.2) is 28.7 Å². The lowest BCUT2D eigenvalue weighted by Gasteiger charge is -2.30. The second-order valence-corrected chi connectivity index (χ2v) is 7.12. The first-order valence-electron chi connectivity index (χ1n) is 7.80. The molecule has 3 N–H and O–H groups in total. The number of halogens is 1. The van der Waals surface area contributed by atoms with Crippen molar-refractivity contribution < 1.29 is 4.90 Å². The fraction of sp³-hybridized carbons (Fsp3) is 0.562. The summed E-state index contributed by atoms with van der Waals surface area (Å²) in [5.74, 6) is 0. The zero-order chi connectivity index (χ0) is 15.1. The molecule has 0 spiro atoms. The number of likely N-dealkylation sites (tertiary alicyclic amines) is 1. The highest BCUT2D eigenvalue weighted by molar-refractivity contribution is 9.10. The van der Waals surface area contributed by atoms with Crippen molar-refractivity contribution in [3.05, 3.63) is 28.7 Å². The second kappa shape index (κ2) is 8.71. The molecule has 0 amide bonds. The van der Waals surface area contributed by atoms with Gasteiger partial charge >= 0.3 is 0 Å². The van der Waals surface area contributed by atoms with Crippen LogP contribution in [-0.4, -0.2) is 30.8 Å². The van der Waals surface area contributed by atoms with E-state index in [0.29, 0.717) is 5.11 Å². The lowest BCUT2D eigenvalue weighted by molar-refractivity contribution is -0.928. The van der Waals surface area contributed by atoms with Gasteiger partial charge in [-0.15, -0.1) is 0 Å². The minimum Gasteiger partial charge on any atom is -0.362 e. The Bertz CT molecular complexity index is 467. The Morgan fingerprint density at radius 1 is 1.43 bits per heavy atom. The van der Waals surface area contributed by atoms with Gasteiger partial charge in [0.1, 0.15) is 0 Å². The molecule has 1 aliphatic heterocycles. The highest BCUT2D eigenvalue weighted by atomic mass is 79.9. The molecule has 1 aromatic carbocycles. The van der Waals surface area contributed by atoms with Gasteiger partial charge in [0.25, 0.3) is 0 Å². The van der Waals surface area contributed by atoms with Crippen LogP contribution in [-0.2, 0) is 0 Å². The van der Waals surface area contributed by atoms with Crippen LogP contribution < -0.4 is 15.5 Å². The number of nitrogens with one attached hydrogen (secondary N) is 3. The Hall–Kier alpha value is -0.650. The predicted octanol–water partition coefficient (Wildman–Crippen LogP) is 2.58. The summed E-state index contributed by atoms with van der Waals surface area (Å²) in [6, 6.07) is 8.86. The van der Waals surface area contributed by atoms with Crippen LogP contribution in [0.25, 0.3) is 0 Å². The molecule has 2 atom stereocenters. The van der Waals surface area contributed by atoms with E-state index in [9.17, 15) is 0 Å². The average Bonchev–Trinajstić information content (AvgIpc) is 2.45. The van der Waals surface area contributed by atoms with Crippen molar-refractivity contribution in [3.8, 4) is 0 Å². The number of hydrogen-bond donors (Lipinski definition) is 3. The average molecular weight is 371 g/mol. The molecule has 1 saturated heterocycles. The van der Waals surface area contributed by atoms with Crippen LogP contribution in [0.1, 0.15) is 32.6 Å². The van der Waals surface area contributed by atoms with Gasteiger partial charge in [-0.05, 0) is 56.6 Å². The molecule has 1 aromatic rings. The molecule has 3 nitrogen and oxygen atoms in total. The van der Waals surface area contributed by atoms with Gasteiger partial charge in [0.2, 0.25) is 0 Å². The quantitative estimate of drug-likeness (QED) is 0.549. The highest BCUT2D eigenvalue weighted by Crippen LogP contribution is 2.15. The first-order valence-corrected chi connectivity index (χ1v) is 9.00. The van der Waals surface area contributed by atoms with E-state index in [-0.39, 0.29) is 0 Å². The molecular weight excluding hydrogens is 346 g/mol. The number of benzene rings is 1. The first-order chi connectivity index (χ1) is 10.1. The molecule has 1 fully saturated rings. The van der Waals surface area contributed by atoms with Crippen molar-refractivity contribution in [1.29, 1.82) is 0 Å². The number of quaternary nitrogens is 1. The largest absolute Gasteiger partial charge is 0.362 e. The third kappa shape index (κ3) is 5.93. The van der Waals surface area contributed by atoms with E-state index in [4.69, 9.17) is 12.2 Å². The second-order valence-electron chi connectivity index (χ2n) is 5.80. The van der Waals surface area contributed by atoms with Crippen molar-refractivity contribution in [3.63, 3.8) is 0 Å². The maximum Gasteiger partial charge on any atom is 0.170 e. The summed E-state index contributed by atoms with van der Waals surface area (Å²) >= 11 is 8.79. The lowest BCUT2D eigenvalue weighted by atomic mass is 10.0. The third-order valence-electron chi connectivity index (χ3n) is 4.12. The SMILES string of the molecule is C[C@H]1CCCC[NH+]1CCCNC(=S)Nc1cccc(Br)c1. The van der Waals surface area contributed by atoms with Gasteiger partial charge in [-0.25, -0.2) is 0 Å². The summed E-state index contributed by atoms with van der Waals surface area (Å²) < 4.78 is 1.05. The van der Waals surface area contributed by atoms with Crippen molar-refractivity contribution in [1.82, 2.24) is 5.32 Å². The Morgan fingerprint density at radius 2 is 2.29 bits per heavy atom. The molecular formula is C16H25BrN3S+. The van der Waals surface area contributed by atoms with Gasteiger partial charge in [-0.1, -0.05) is 22.0 Å². The summed E-state index contributed by atoms with van der Waals surface area (Å²) in [4.78, 5) is 1.76. The van der Waals surface area contributed by atoms with Crippen LogP contribution >= 0.6 is 28.1 Å². The summed E-state index contributed by atoms with van der Waals surface area (Å²) in [7, 11) is 0. The van der Waals surface area contributed by atoms with E-state index in [2.05, 4.69) is 33.5 Å². The van der Waals surface area contributed by atoms with Gasteiger partial charge in [0, 0.05) is 23.1 Å². The monoisotopic (exact) mass is 370 g/mol. The topological polar surface area (TPSA) is 28.5 Å². The fourth-order valence-electron chi connectivity index (χ4n) is 2.88. The minimum atomic E-state index is 0.704. The minimum absolute atomic E-state index is 0.704. The summed E-state index contributed by atoms with van der Waals surface area (Å²) in [6.45, 7) is 5.90. The van der Waals surface area contributed by atoms with E-state index >= 15 is 0 Å². The van der Waals surface area contributed by atoms with Gasteiger partial charge in [-0.2, -0.15) is 0 Å². The molecule has 0 radical (unpaired) electrons. The van der Waals surface area contributed by atoms with Gasteiger partial charge < -0.3 is 15.5 Å². The number of rotatable bonds is 5. The number of thiocarbonyl (C=S) groups is 1. The van der Waals surface area contributed by atoms with Crippen LogP contribution in [0, 0.1) is 0 Å². The molecule has 0 bridgehead atoms. The van der Waals surface area contributed by atoms with E-state index in [1.807, 2.05) is 24.3 Å². The third-order valence-corrected chi connectivity index (χ3v) is 4.86. The predicted molar refractivity (Wildman–Crippen MR) is 97.0 cm³/mol. The standard InChI is InChI=1S/C16H24BrN3S/c1-13-6-2-3-10-20(13)11-5-9-18-16(21)19-15-8-4-7-14(17)12-15/h4,7-8,12-13H,2-3,5-6,9-11H2,1H3,(H2,18,19,21)/p+1/t13-/m0/s1. The molecule has 1 heterocycles. The summed E-state index contributed by atoms with van der Waals surface area (Å²) in [5.41, 5.74) is 1.01. The molecule has 0 aromatic heterocycles. The van der Waals surface area contributed by atoms with Crippen LogP contribution in [0.4, 0.5) is 5.69 Å². The van der Waals surface area contributed by atoms with E-state index in [0.717, 1.165) is 22.7 Å². The summed E-state index contributed by atoms with van der Waals surface area (Å²) in [5, 5.41) is 7.21. The molecule has 21 heavy (non-hydrogen) atoms. The number of hydrogen-bond acceptors (Lipinski definition) is 1. The Labute approximate surface area is 141 Å². The maximum absolute atomic E-state index is 5.33.